The summed E-state index contributed by atoms with van der Waals surface area (Å²) in [6.45, 7) is 2.48. The molecule has 26 heavy (non-hydrogen) atoms. The van der Waals surface area contributed by atoms with Crippen LogP contribution in [0.3, 0.4) is 0 Å². The van der Waals surface area contributed by atoms with Gasteiger partial charge in [-0.05, 0) is 48.5 Å². The number of anilines is 1. The lowest BCUT2D eigenvalue weighted by molar-refractivity contribution is -0.117. The fraction of sp³-hybridized carbons (Fsp3) is 0.222. The molecule has 3 aromatic rings. The fourth-order valence-electron chi connectivity index (χ4n) is 2.36. The van der Waals surface area contributed by atoms with Gasteiger partial charge in [-0.15, -0.1) is 10.2 Å². The number of rotatable bonds is 7. The molecule has 1 aromatic heterocycles. The highest BCUT2D eigenvalue weighted by atomic mass is 16.5. The number of nitrogens with zero attached hydrogens (tertiary/aromatic N) is 4. The van der Waals surface area contributed by atoms with Crippen molar-refractivity contribution in [1.29, 1.82) is 0 Å². The van der Waals surface area contributed by atoms with Crippen LogP contribution in [0.2, 0.25) is 0 Å². The number of nitrogens with one attached hydrogen (secondary N) is 1. The molecule has 1 amide bonds. The summed E-state index contributed by atoms with van der Waals surface area (Å²) in [5.41, 5.74) is 1.39. The Bertz CT molecular complexity index is 877. The predicted molar refractivity (Wildman–Crippen MR) is 96.0 cm³/mol. The summed E-state index contributed by atoms with van der Waals surface area (Å²) in [6, 6.07) is 14.6. The predicted octanol–water partition coefficient (Wildman–Crippen LogP) is 2.39. The van der Waals surface area contributed by atoms with Crippen LogP contribution in [-0.2, 0) is 11.3 Å². The Morgan fingerprint density at radius 3 is 2.65 bits per heavy atom. The molecule has 0 aliphatic heterocycles. The summed E-state index contributed by atoms with van der Waals surface area (Å²) in [4.78, 5) is 13.4. The minimum absolute atomic E-state index is 0.0535. The first kappa shape index (κ1) is 17.4. The number of hydrogen-bond donors (Lipinski definition) is 1. The molecule has 0 spiro atoms. The number of tetrazole rings is 1. The van der Waals surface area contributed by atoms with Gasteiger partial charge in [0.05, 0.1) is 19.4 Å². The van der Waals surface area contributed by atoms with Crippen LogP contribution in [0.25, 0.3) is 11.4 Å². The van der Waals surface area contributed by atoms with Crippen molar-refractivity contribution >= 4 is 11.6 Å². The van der Waals surface area contributed by atoms with Crippen molar-refractivity contribution < 1.29 is 14.3 Å². The van der Waals surface area contributed by atoms with E-state index in [1.54, 1.807) is 19.2 Å². The van der Waals surface area contributed by atoms with Crippen molar-refractivity contribution in [2.75, 3.05) is 19.0 Å². The molecule has 0 atom stereocenters. The zero-order valence-corrected chi connectivity index (χ0v) is 14.5. The quantitative estimate of drug-likeness (QED) is 0.701. The summed E-state index contributed by atoms with van der Waals surface area (Å²) in [5.74, 6) is 1.53. The average Bonchev–Trinajstić information content (AvgIpc) is 3.11. The number of hydrogen-bond acceptors (Lipinski definition) is 6. The standard InChI is InChI=1S/C18H19N5O3/c1-3-26-14-10-8-13(9-11-14)18-20-22-23(21-18)12-17(24)19-15-6-4-5-7-16(15)25-2/h4-11H,3,12H2,1-2H3,(H,19,24). The zero-order valence-electron chi connectivity index (χ0n) is 14.5. The maximum atomic E-state index is 12.2. The van der Waals surface area contributed by atoms with Gasteiger partial charge >= 0.3 is 0 Å². The number of benzene rings is 2. The third-order valence-corrected chi connectivity index (χ3v) is 3.54. The van der Waals surface area contributed by atoms with Gasteiger partial charge in [-0.3, -0.25) is 4.79 Å². The van der Waals surface area contributed by atoms with Gasteiger partial charge in [-0.2, -0.15) is 4.80 Å². The van der Waals surface area contributed by atoms with Crippen molar-refractivity contribution in [3.8, 4) is 22.9 Å². The number of carbonyl (C=O) groups excluding carboxylic acids is 1. The topological polar surface area (TPSA) is 91.2 Å². The van der Waals surface area contributed by atoms with Crippen LogP contribution in [0.5, 0.6) is 11.5 Å². The fourth-order valence-corrected chi connectivity index (χ4v) is 2.36. The van der Waals surface area contributed by atoms with Gasteiger partial charge in [0, 0.05) is 5.56 Å². The van der Waals surface area contributed by atoms with Gasteiger partial charge in [0.25, 0.3) is 0 Å². The van der Waals surface area contributed by atoms with Crippen molar-refractivity contribution in [3.63, 3.8) is 0 Å². The van der Waals surface area contributed by atoms with Gasteiger partial charge in [0.1, 0.15) is 18.0 Å². The van der Waals surface area contributed by atoms with Crippen LogP contribution in [0.1, 0.15) is 6.92 Å². The molecule has 1 heterocycles. The van der Waals surface area contributed by atoms with Crippen LogP contribution in [0.4, 0.5) is 5.69 Å². The van der Waals surface area contributed by atoms with E-state index in [4.69, 9.17) is 9.47 Å². The molecule has 0 bridgehead atoms. The molecular formula is C18H19N5O3. The van der Waals surface area contributed by atoms with Crippen molar-refractivity contribution in [3.05, 3.63) is 48.5 Å². The zero-order chi connectivity index (χ0) is 18.4. The Hall–Kier alpha value is -3.42. The smallest absolute Gasteiger partial charge is 0.248 e. The number of methoxy groups -OCH3 is 1. The average molecular weight is 353 g/mol. The monoisotopic (exact) mass is 353 g/mol. The van der Waals surface area contributed by atoms with Crippen LogP contribution < -0.4 is 14.8 Å². The van der Waals surface area contributed by atoms with Crippen molar-refractivity contribution in [2.45, 2.75) is 13.5 Å². The number of aromatic nitrogens is 4. The third kappa shape index (κ3) is 4.15. The molecule has 0 radical (unpaired) electrons. The lowest BCUT2D eigenvalue weighted by Gasteiger charge is -2.09. The van der Waals surface area contributed by atoms with Crippen LogP contribution in [0, 0.1) is 0 Å². The molecule has 2 aromatic carbocycles. The molecule has 0 fully saturated rings. The number of ether oxygens (including phenoxy) is 2. The maximum Gasteiger partial charge on any atom is 0.248 e. The Labute approximate surface area is 150 Å². The number of carbonyl (C=O) groups is 1. The molecule has 8 nitrogen and oxygen atoms in total. The summed E-state index contributed by atoms with van der Waals surface area (Å²) in [5, 5.41) is 14.9. The van der Waals surface area contributed by atoms with Crippen LogP contribution in [-0.4, -0.2) is 39.8 Å². The minimum Gasteiger partial charge on any atom is -0.495 e. The molecular weight excluding hydrogens is 334 g/mol. The second kappa shape index (κ2) is 8.11. The SMILES string of the molecule is CCOc1ccc(-c2nnn(CC(=O)Nc3ccccc3OC)n2)cc1. The van der Waals surface area contributed by atoms with E-state index in [0.29, 0.717) is 23.9 Å². The van der Waals surface area contributed by atoms with E-state index in [1.807, 2.05) is 43.3 Å². The molecule has 0 saturated heterocycles. The third-order valence-electron chi connectivity index (χ3n) is 3.54. The first-order valence-electron chi connectivity index (χ1n) is 8.13. The molecule has 3 rings (SSSR count). The Kier molecular flexibility index (Phi) is 5.43. The van der Waals surface area contributed by atoms with Crippen molar-refractivity contribution in [2.24, 2.45) is 0 Å². The van der Waals surface area contributed by atoms with Crippen LogP contribution in [0.15, 0.2) is 48.5 Å². The van der Waals surface area contributed by atoms with E-state index in [2.05, 4.69) is 20.7 Å². The lowest BCUT2D eigenvalue weighted by Crippen LogP contribution is -2.20. The Morgan fingerprint density at radius 2 is 1.92 bits per heavy atom. The van der Waals surface area contributed by atoms with Crippen molar-refractivity contribution in [1.82, 2.24) is 20.2 Å². The highest BCUT2D eigenvalue weighted by Crippen LogP contribution is 2.23. The van der Waals surface area contributed by atoms with Gasteiger partial charge in [0.15, 0.2) is 0 Å². The number of para-hydroxylation sites is 2. The lowest BCUT2D eigenvalue weighted by atomic mass is 10.2. The van der Waals surface area contributed by atoms with Crippen LogP contribution >= 0.6 is 0 Å². The number of amides is 1. The van der Waals surface area contributed by atoms with E-state index < -0.39 is 0 Å². The first-order valence-corrected chi connectivity index (χ1v) is 8.13. The molecule has 0 aliphatic rings. The largest absolute Gasteiger partial charge is 0.495 e. The molecule has 0 aliphatic carbocycles. The van der Waals surface area contributed by atoms with E-state index in [0.717, 1.165) is 11.3 Å². The van der Waals surface area contributed by atoms with E-state index >= 15 is 0 Å². The normalized spacial score (nSPS) is 10.4. The molecule has 134 valence electrons. The maximum absolute atomic E-state index is 12.2. The Morgan fingerprint density at radius 1 is 1.15 bits per heavy atom. The molecule has 1 N–H and O–H groups in total. The van der Waals surface area contributed by atoms with E-state index in [-0.39, 0.29) is 12.5 Å². The highest BCUT2D eigenvalue weighted by Gasteiger charge is 2.11. The minimum atomic E-state index is -0.273. The summed E-state index contributed by atoms with van der Waals surface area (Å²) >= 11 is 0. The molecule has 8 heteroatoms. The first-order chi connectivity index (χ1) is 12.7. The van der Waals surface area contributed by atoms with Gasteiger partial charge in [-0.25, -0.2) is 0 Å². The van der Waals surface area contributed by atoms with E-state index in [9.17, 15) is 4.79 Å². The second-order valence-corrected chi connectivity index (χ2v) is 5.35. The molecule has 0 saturated carbocycles. The summed E-state index contributed by atoms with van der Waals surface area (Å²) in [6.07, 6.45) is 0. The summed E-state index contributed by atoms with van der Waals surface area (Å²) < 4.78 is 10.6. The van der Waals surface area contributed by atoms with Gasteiger partial charge in [-0.1, -0.05) is 12.1 Å². The molecule has 0 unspecified atom stereocenters. The van der Waals surface area contributed by atoms with Gasteiger partial charge < -0.3 is 14.8 Å². The Balaban J connectivity index is 1.65. The second-order valence-electron chi connectivity index (χ2n) is 5.35. The highest BCUT2D eigenvalue weighted by molar-refractivity contribution is 5.91. The summed E-state index contributed by atoms with van der Waals surface area (Å²) in [7, 11) is 1.55. The van der Waals surface area contributed by atoms with E-state index in [1.165, 1.54) is 4.80 Å². The van der Waals surface area contributed by atoms with Gasteiger partial charge in [0.2, 0.25) is 11.7 Å².